The lowest BCUT2D eigenvalue weighted by Crippen LogP contribution is -1.96. The number of thioether (sulfide) groups is 2. The van der Waals surface area contributed by atoms with Gasteiger partial charge in [0.05, 0.1) is 0 Å². The van der Waals surface area contributed by atoms with Crippen molar-refractivity contribution in [3.05, 3.63) is 6.07 Å². The molecule has 1 N–H and O–H groups in total. The Balaban J connectivity index is 2.93. The van der Waals surface area contributed by atoms with Crippen LogP contribution in [-0.2, 0) is 0 Å². The van der Waals surface area contributed by atoms with Crippen LogP contribution in [0.15, 0.2) is 16.2 Å². The second-order valence-electron chi connectivity index (χ2n) is 2.26. The Labute approximate surface area is 87.1 Å². The Morgan fingerprint density at radius 1 is 1.46 bits per heavy atom. The minimum absolute atomic E-state index is 0.822. The largest absolute Gasteiger partial charge is 0.373 e. The third-order valence-electron chi connectivity index (χ3n) is 1.41. The quantitative estimate of drug-likeness (QED) is 0.474. The normalized spacial score (nSPS) is 10.1. The molecule has 3 nitrogen and oxygen atoms in total. The third kappa shape index (κ3) is 3.08. The van der Waals surface area contributed by atoms with Gasteiger partial charge in [0.15, 0.2) is 5.16 Å². The van der Waals surface area contributed by atoms with Crippen LogP contribution in [0.4, 0.5) is 5.82 Å². The van der Waals surface area contributed by atoms with E-state index in [0.29, 0.717) is 0 Å². The molecule has 0 aromatic carbocycles. The van der Waals surface area contributed by atoms with Gasteiger partial charge in [-0.1, -0.05) is 18.7 Å². The maximum Gasteiger partial charge on any atom is 0.190 e. The van der Waals surface area contributed by atoms with Crippen molar-refractivity contribution >= 4 is 29.3 Å². The molecule has 0 aliphatic rings. The van der Waals surface area contributed by atoms with Crippen LogP contribution < -0.4 is 5.32 Å². The van der Waals surface area contributed by atoms with Crippen molar-refractivity contribution in [3.8, 4) is 0 Å². The monoisotopic (exact) mass is 215 g/mol. The molecule has 5 heteroatoms. The zero-order valence-electron chi connectivity index (χ0n) is 8.00. The fourth-order valence-corrected chi connectivity index (χ4v) is 1.92. The molecule has 0 aliphatic heterocycles. The highest BCUT2D eigenvalue weighted by Gasteiger charge is 2.01. The van der Waals surface area contributed by atoms with E-state index >= 15 is 0 Å². The number of aromatic nitrogens is 2. The second-order valence-corrected chi connectivity index (χ2v) is 4.32. The lowest BCUT2D eigenvalue weighted by atomic mass is 10.6. The Bertz CT molecular complexity index is 256. The Morgan fingerprint density at radius 2 is 2.23 bits per heavy atom. The first kappa shape index (κ1) is 10.7. The third-order valence-corrected chi connectivity index (χ3v) is 2.75. The van der Waals surface area contributed by atoms with Gasteiger partial charge < -0.3 is 5.32 Å². The first-order valence-electron chi connectivity index (χ1n) is 4.03. The predicted molar refractivity (Wildman–Crippen MR) is 59.8 cm³/mol. The van der Waals surface area contributed by atoms with E-state index in [4.69, 9.17) is 0 Å². The number of hydrogen-bond donors (Lipinski definition) is 1. The Kier molecular flexibility index (Phi) is 4.38. The molecular formula is C8H13N3S2. The summed E-state index contributed by atoms with van der Waals surface area (Å²) in [5.41, 5.74) is 0. The molecule has 1 rings (SSSR count). The first-order chi connectivity index (χ1) is 6.30. The van der Waals surface area contributed by atoms with Gasteiger partial charge in [-0.25, -0.2) is 9.97 Å². The Hall–Kier alpha value is -0.420. The zero-order valence-corrected chi connectivity index (χ0v) is 9.63. The van der Waals surface area contributed by atoms with Gasteiger partial charge >= 0.3 is 0 Å². The number of nitrogens with zero attached hydrogens (tertiary/aromatic N) is 2. The number of nitrogens with one attached hydrogen (secondary N) is 1. The van der Waals surface area contributed by atoms with Gasteiger partial charge in [-0.15, -0.1) is 11.8 Å². The highest BCUT2D eigenvalue weighted by atomic mass is 32.2. The van der Waals surface area contributed by atoms with Crippen LogP contribution in [-0.4, -0.2) is 29.0 Å². The maximum atomic E-state index is 4.36. The molecule has 1 aromatic heterocycles. The van der Waals surface area contributed by atoms with Crippen molar-refractivity contribution in [2.75, 3.05) is 24.4 Å². The molecule has 0 unspecified atom stereocenters. The van der Waals surface area contributed by atoms with Gasteiger partial charge in [0.25, 0.3) is 0 Å². The number of hydrogen-bond acceptors (Lipinski definition) is 5. The molecule has 0 aliphatic carbocycles. The van der Waals surface area contributed by atoms with E-state index in [0.717, 1.165) is 21.8 Å². The predicted octanol–water partition coefficient (Wildman–Crippen LogP) is 2.35. The summed E-state index contributed by atoms with van der Waals surface area (Å²) in [6.07, 6.45) is 1.98. The van der Waals surface area contributed by atoms with Crippen LogP contribution in [0, 0.1) is 0 Å². The summed E-state index contributed by atoms with van der Waals surface area (Å²) in [5, 5.41) is 4.88. The topological polar surface area (TPSA) is 37.8 Å². The van der Waals surface area contributed by atoms with Crippen molar-refractivity contribution in [2.45, 2.75) is 17.1 Å². The van der Waals surface area contributed by atoms with E-state index in [-0.39, 0.29) is 0 Å². The van der Waals surface area contributed by atoms with E-state index in [1.54, 1.807) is 23.5 Å². The van der Waals surface area contributed by atoms with Crippen LogP contribution in [0.1, 0.15) is 6.92 Å². The van der Waals surface area contributed by atoms with Crippen LogP contribution in [0.5, 0.6) is 0 Å². The van der Waals surface area contributed by atoms with Gasteiger partial charge in [-0.2, -0.15) is 0 Å². The summed E-state index contributed by atoms with van der Waals surface area (Å²) < 4.78 is 0. The highest BCUT2D eigenvalue weighted by Crippen LogP contribution is 2.21. The summed E-state index contributed by atoms with van der Waals surface area (Å²) in [6.45, 7) is 2.12. The van der Waals surface area contributed by atoms with Crippen LogP contribution >= 0.6 is 23.5 Å². The van der Waals surface area contributed by atoms with Crippen LogP contribution in [0.3, 0.4) is 0 Å². The molecule has 0 amide bonds. The van der Waals surface area contributed by atoms with Crippen molar-refractivity contribution in [2.24, 2.45) is 0 Å². The molecule has 0 radical (unpaired) electrons. The fraction of sp³-hybridized carbons (Fsp3) is 0.500. The molecule has 0 fully saturated rings. The van der Waals surface area contributed by atoms with Crippen LogP contribution in [0.25, 0.3) is 0 Å². The fourth-order valence-electron chi connectivity index (χ4n) is 0.845. The SMILES string of the molecule is CCSc1cc(NC)nc(SC)n1. The van der Waals surface area contributed by atoms with Gasteiger partial charge in [0, 0.05) is 13.1 Å². The molecule has 0 saturated heterocycles. The summed E-state index contributed by atoms with van der Waals surface area (Å²) in [6, 6.07) is 1.97. The lowest BCUT2D eigenvalue weighted by Gasteiger charge is -2.04. The van der Waals surface area contributed by atoms with Crippen molar-refractivity contribution < 1.29 is 0 Å². The molecule has 0 saturated carbocycles. The van der Waals surface area contributed by atoms with Gasteiger partial charge in [-0.3, -0.25) is 0 Å². The van der Waals surface area contributed by atoms with E-state index < -0.39 is 0 Å². The second kappa shape index (κ2) is 5.34. The number of rotatable bonds is 4. The first-order valence-corrected chi connectivity index (χ1v) is 6.24. The maximum absolute atomic E-state index is 4.36. The minimum Gasteiger partial charge on any atom is -0.373 e. The molecular weight excluding hydrogens is 202 g/mol. The van der Waals surface area contributed by atoms with Crippen molar-refractivity contribution in [3.63, 3.8) is 0 Å². The molecule has 0 bridgehead atoms. The summed E-state index contributed by atoms with van der Waals surface area (Å²) in [7, 11) is 1.87. The average Bonchev–Trinajstić information content (AvgIpc) is 2.17. The lowest BCUT2D eigenvalue weighted by molar-refractivity contribution is 0.897. The molecule has 0 spiro atoms. The highest BCUT2D eigenvalue weighted by molar-refractivity contribution is 7.99. The van der Waals surface area contributed by atoms with Crippen molar-refractivity contribution in [1.82, 2.24) is 9.97 Å². The summed E-state index contributed by atoms with van der Waals surface area (Å²) in [5.74, 6) is 1.92. The Morgan fingerprint density at radius 3 is 2.77 bits per heavy atom. The molecule has 1 aromatic rings. The van der Waals surface area contributed by atoms with Crippen LogP contribution in [0.2, 0.25) is 0 Å². The minimum atomic E-state index is 0.822. The zero-order chi connectivity index (χ0) is 9.68. The number of anilines is 1. The van der Waals surface area contributed by atoms with E-state index in [9.17, 15) is 0 Å². The molecule has 72 valence electrons. The van der Waals surface area contributed by atoms with Gasteiger partial charge in [0.1, 0.15) is 10.8 Å². The molecule has 1 heterocycles. The van der Waals surface area contributed by atoms with E-state index in [1.807, 2.05) is 19.4 Å². The summed E-state index contributed by atoms with van der Waals surface area (Å²) in [4.78, 5) is 8.64. The van der Waals surface area contributed by atoms with Gasteiger partial charge in [0.2, 0.25) is 0 Å². The average molecular weight is 215 g/mol. The van der Waals surface area contributed by atoms with E-state index in [2.05, 4.69) is 22.2 Å². The van der Waals surface area contributed by atoms with Crippen molar-refractivity contribution in [1.29, 1.82) is 0 Å². The van der Waals surface area contributed by atoms with Gasteiger partial charge in [-0.05, 0) is 12.0 Å². The molecule has 0 atom stereocenters. The standard InChI is InChI=1S/C8H13N3S2/c1-4-13-7-5-6(9-2)10-8(11-7)12-3/h5H,4H2,1-3H3,(H,9,10,11). The molecule has 13 heavy (non-hydrogen) atoms. The smallest absolute Gasteiger partial charge is 0.190 e. The van der Waals surface area contributed by atoms with E-state index in [1.165, 1.54) is 0 Å². The summed E-state index contributed by atoms with van der Waals surface area (Å²) >= 11 is 3.29.